The fourth-order valence-corrected chi connectivity index (χ4v) is 1.55. The van der Waals surface area contributed by atoms with Crippen LogP contribution in [0.25, 0.3) is 0 Å². The second-order valence-corrected chi connectivity index (χ2v) is 4.08. The van der Waals surface area contributed by atoms with E-state index in [4.69, 9.17) is 9.47 Å². The lowest BCUT2D eigenvalue weighted by atomic mass is 10.3. The summed E-state index contributed by atoms with van der Waals surface area (Å²) in [4.78, 5) is 11.4. The van der Waals surface area contributed by atoms with Crippen molar-refractivity contribution in [3.05, 3.63) is 24.3 Å². The second-order valence-electron chi connectivity index (χ2n) is 4.08. The molecule has 1 aromatic rings. The molecule has 0 aromatic heterocycles. The molecule has 0 fully saturated rings. The first-order valence-corrected chi connectivity index (χ1v) is 6.44. The largest absolute Gasteiger partial charge is 0.497 e. The van der Waals surface area contributed by atoms with Crippen LogP contribution in [0.2, 0.25) is 0 Å². The fourth-order valence-electron chi connectivity index (χ4n) is 1.55. The maximum absolute atomic E-state index is 11.4. The molecule has 1 aromatic carbocycles. The lowest BCUT2D eigenvalue weighted by Crippen LogP contribution is -2.28. The fraction of sp³-hybridized carbons (Fsp3) is 0.500. The summed E-state index contributed by atoms with van der Waals surface area (Å²) < 4.78 is 10.6. The standard InChI is InChI=1S/C14H22N2O3/c1-15-9-3-4-14(17)16-10-11-19-13-7-5-12(18-2)6-8-13/h5-8,15H,3-4,9-11H2,1-2H3,(H,16,17). The second kappa shape index (κ2) is 9.22. The summed E-state index contributed by atoms with van der Waals surface area (Å²) in [7, 11) is 3.50. The summed E-state index contributed by atoms with van der Waals surface area (Å²) in [5.41, 5.74) is 0. The Hall–Kier alpha value is -1.75. The van der Waals surface area contributed by atoms with Gasteiger partial charge in [0.25, 0.3) is 0 Å². The SMILES string of the molecule is CNCCCC(=O)NCCOc1ccc(OC)cc1. The van der Waals surface area contributed by atoms with E-state index in [1.54, 1.807) is 7.11 Å². The average Bonchev–Trinajstić information content (AvgIpc) is 2.44. The predicted octanol–water partition coefficient (Wildman–Crippen LogP) is 1.19. The average molecular weight is 266 g/mol. The Morgan fingerprint density at radius 2 is 1.84 bits per heavy atom. The van der Waals surface area contributed by atoms with Crippen molar-refractivity contribution in [3.8, 4) is 11.5 Å². The molecule has 0 atom stereocenters. The highest BCUT2D eigenvalue weighted by Crippen LogP contribution is 2.16. The third kappa shape index (κ3) is 6.67. The number of benzene rings is 1. The molecule has 0 aliphatic rings. The van der Waals surface area contributed by atoms with Gasteiger partial charge in [0.2, 0.25) is 5.91 Å². The Bertz CT molecular complexity index is 365. The van der Waals surface area contributed by atoms with Gasteiger partial charge >= 0.3 is 0 Å². The van der Waals surface area contributed by atoms with E-state index < -0.39 is 0 Å². The minimum absolute atomic E-state index is 0.0635. The van der Waals surface area contributed by atoms with E-state index in [2.05, 4.69) is 10.6 Å². The van der Waals surface area contributed by atoms with E-state index in [1.165, 1.54) is 0 Å². The molecule has 5 nitrogen and oxygen atoms in total. The lowest BCUT2D eigenvalue weighted by molar-refractivity contribution is -0.121. The molecular weight excluding hydrogens is 244 g/mol. The minimum Gasteiger partial charge on any atom is -0.497 e. The first-order valence-electron chi connectivity index (χ1n) is 6.44. The van der Waals surface area contributed by atoms with Gasteiger partial charge in [-0.05, 0) is 44.3 Å². The number of ether oxygens (including phenoxy) is 2. The minimum atomic E-state index is 0.0635. The molecule has 0 aliphatic carbocycles. The number of methoxy groups -OCH3 is 1. The van der Waals surface area contributed by atoms with Crippen molar-refractivity contribution < 1.29 is 14.3 Å². The lowest BCUT2D eigenvalue weighted by Gasteiger charge is -2.08. The maximum atomic E-state index is 11.4. The van der Waals surface area contributed by atoms with Crippen molar-refractivity contribution in [2.24, 2.45) is 0 Å². The van der Waals surface area contributed by atoms with Crippen molar-refractivity contribution in [1.29, 1.82) is 0 Å². The van der Waals surface area contributed by atoms with Crippen LogP contribution >= 0.6 is 0 Å². The molecule has 0 heterocycles. The first kappa shape index (κ1) is 15.3. The molecule has 0 aliphatic heterocycles. The molecule has 0 radical (unpaired) electrons. The molecule has 0 saturated carbocycles. The van der Waals surface area contributed by atoms with Crippen LogP contribution in [0, 0.1) is 0 Å². The Labute approximate surface area is 114 Å². The van der Waals surface area contributed by atoms with Crippen molar-refractivity contribution in [2.45, 2.75) is 12.8 Å². The number of hydrogen-bond donors (Lipinski definition) is 2. The molecule has 1 rings (SSSR count). The normalized spacial score (nSPS) is 10.0. The zero-order valence-corrected chi connectivity index (χ0v) is 11.6. The van der Waals surface area contributed by atoms with Crippen LogP contribution in [-0.4, -0.2) is 39.8 Å². The van der Waals surface area contributed by atoms with Crippen molar-refractivity contribution >= 4 is 5.91 Å². The third-order valence-corrected chi connectivity index (χ3v) is 2.58. The quantitative estimate of drug-likeness (QED) is 0.659. The van der Waals surface area contributed by atoms with E-state index >= 15 is 0 Å². The molecule has 0 bridgehead atoms. The zero-order valence-electron chi connectivity index (χ0n) is 11.6. The van der Waals surface area contributed by atoms with Crippen LogP contribution in [0.15, 0.2) is 24.3 Å². The van der Waals surface area contributed by atoms with E-state index in [0.29, 0.717) is 19.6 Å². The summed E-state index contributed by atoms with van der Waals surface area (Å²) >= 11 is 0. The summed E-state index contributed by atoms with van der Waals surface area (Å²) in [6.07, 6.45) is 1.39. The smallest absolute Gasteiger partial charge is 0.220 e. The molecule has 0 saturated heterocycles. The highest BCUT2D eigenvalue weighted by molar-refractivity contribution is 5.75. The van der Waals surface area contributed by atoms with Gasteiger partial charge in [0.05, 0.1) is 13.7 Å². The van der Waals surface area contributed by atoms with Crippen LogP contribution in [0.4, 0.5) is 0 Å². The number of carbonyl (C=O) groups excluding carboxylic acids is 1. The van der Waals surface area contributed by atoms with E-state index in [9.17, 15) is 4.79 Å². The predicted molar refractivity (Wildman–Crippen MR) is 74.7 cm³/mol. The van der Waals surface area contributed by atoms with E-state index in [1.807, 2.05) is 31.3 Å². The monoisotopic (exact) mass is 266 g/mol. The molecule has 5 heteroatoms. The number of amides is 1. The molecule has 1 amide bonds. The van der Waals surface area contributed by atoms with Gasteiger partial charge in [-0.25, -0.2) is 0 Å². The Balaban J connectivity index is 2.11. The van der Waals surface area contributed by atoms with Gasteiger partial charge in [0.15, 0.2) is 0 Å². The number of carbonyl (C=O) groups is 1. The van der Waals surface area contributed by atoms with Gasteiger partial charge in [0.1, 0.15) is 18.1 Å². The van der Waals surface area contributed by atoms with Crippen molar-refractivity contribution in [3.63, 3.8) is 0 Å². The summed E-state index contributed by atoms with van der Waals surface area (Å²) in [6, 6.07) is 7.36. The highest BCUT2D eigenvalue weighted by Gasteiger charge is 2.00. The summed E-state index contributed by atoms with van der Waals surface area (Å²) in [5, 5.41) is 5.82. The summed E-state index contributed by atoms with van der Waals surface area (Å²) in [5.74, 6) is 1.63. The Morgan fingerprint density at radius 3 is 2.47 bits per heavy atom. The van der Waals surface area contributed by atoms with Crippen molar-refractivity contribution in [2.75, 3.05) is 33.9 Å². The topological polar surface area (TPSA) is 59.6 Å². The van der Waals surface area contributed by atoms with E-state index in [-0.39, 0.29) is 5.91 Å². The van der Waals surface area contributed by atoms with Crippen LogP contribution in [0.1, 0.15) is 12.8 Å². The highest BCUT2D eigenvalue weighted by atomic mass is 16.5. The van der Waals surface area contributed by atoms with Crippen LogP contribution in [0.5, 0.6) is 11.5 Å². The van der Waals surface area contributed by atoms with Gasteiger partial charge in [-0.3, -0.25) is 4.79 Å². The molecule has 0 unspecified atom stereocenters. The van der Waals surface area contributed by atoms with Gasteiger partial charge in [-0.15, -0.1) is 0 Å². The van der Waals surface area contributed by atoms with Crippen LogP contribution in [-0.2, 0) is 4.79 Å². The summed E-state index contributed by atoms with van der Waals surface area (Å²) in [6.45, 7) is 1.84. The molecular formula is C14H22N2O3. The van der Waals surface area contributed by atoms with Gasteiger partial charge in [0, 0.05) is 6.42 Å². The Kier molecular flexibility index (Phi) is 7.43. The van der Waals surface area contributed by atoms with Gasteiger partial charge in [-0.1, -0.05) is 0 Å². The van der Waals surface area contributed by atoms with Crippen LogP contribution in [0.3, 0.4) is 0 Å². The van der Waals surface area contributed by atoms with Gasteiger partial charge < -0.3 is 20.1 Å². The number of hydrogen-bond acceptors (Lipinski definition) is 4. The van der Waals surface area contributed by atoms with Crippen LogP contribution < -0.4 is 20.1 Å². The van der Waals surface area contributed by atoms with Gasteiger partial charge in [-0.2, -0.15) is 0 Å². The molecule has 19 heavy (non-hydrogen) atoms. The number of rotatable bonds is 9. The van der Waals surface area contributed by atoms with Crippen molar-refractivity contribution in [1.82, 2.24) is 10.6 Å². The number of nitrogens with one attached hydrogen (secondary N) is 2. The third-order valence-electron chi connectivity index (χ3n) is 2.58. The zero-order chi connectivity index (χ0) is 13.9. The molecule has 0 spiro atoms. The molecule has 106 valence electrons. The maximum Gasteiger partial charge on any atom is 0.220 e. The Morgan fingerprint density at radius 1 is 1.16 bits per heavy atom. The first-order chi connectivity index (χ1) is 9.26. The van der Waals surface area contributed by atoms with E-state index in [0.717, 1.165) is 24.5 Å². The molecule has 2 N–H and O–H groups in total.